The maximum atomic E-state index is 12.8. The predicted octanol–water partition coefficient (Wildman–Crippen LogP) is 2.60. The van der Waals surface area contributed by atoms with Crippen LogP contribution in [0.15, 0.2) is 24.3 Å². The Labute approximate surface area is 143 Å². The van der Waals surface area contributed by atoms with Gasteiger partial charge in [-0.25, -0.2) is 4.79 Å². The van der Waals surface area contributed by atoms with Crippen molar-refractivity contribution < 1.29 is 18.8 Å². The maximum absolute atomic E-state index is 12.8. The van der Waals surface area contributed by atoms with E-state index in [1.807, 2.05) is 0 Å². The molecule has 6 nitrogen and oxygen atoms in total. The molecule has 1 aliphatic heterocycles. The number of nitrogens with zero attached hydrogens (tertiary/aromatic N) is 2. The number of hydrogen-bond acceptors (Lipinski definition) is 4. The minimum absolute atomic E-state index is 0.279. The molecular weight excluding hydrogens is 324 g/mol. The normalized spacial score (nSPS) is 18.2. The summed E-state index contributed by atoms with van der Waals surface area (Å²) in [5.41, 5.74) is -0.788. The first kappa shape index (κ1) is 18.2. The lowest BCUT2D eigenvalue weighted by Gasteiger charge is -2.41. The van der Waals surface area contributed by atoms with Crippen LogP contribution in [-0.4, -0.2) is 50.1 Å². The van der Waals surface area contributed by atoms with Gasteiger partial charge in [-0.2, -0.15) is 0 Å². The highest BCUT2D eigenvalue weighted by Crippen LogP contribution is 2.36. The number of benzene rings is 1. The van der Waals surface area contributed by atoms with Crippen molar-refractivity contribution in [3.05, 3.63) is 29.8 Å². The Balaban J connectivity index is 2.48. The Kier molecular flexibility index (Phi) is 4.58. The summed E-state index contributed by atoms with van der Waals surface area (Å²) in [4.78, 5) is 39.6. The van der Waals surface area contributed by atoms with Crippen LogP contribution in [0.3, 0.4) is 0 Å². The predicted molar refractivity (Wildman–Crippen MR) is 93.3 cm³/mol. The zero-order chi connectivity index (χ0) is 18.3. The van der Waals surface area contributed by atoms with Gasteiger partial charge in [0.1, 0.15) is 5.75 Å². The third-order valence-corrected chi connectivity index (χ3v) is 5.06. The molecule has 0 N–H and O–H groups in total. The fourth-order valence-corrected chi connectivity index (χ4v) is 3.82. The molecule has 0 atom stereocenters. The monoisotopic (exact) mass is 348 g/mol. The molecule has 1 fully saturated rings. The molecule has 0 aliphatic carbocycles. The van der Waals surface area contributed by atoms with Gasteiger partial charge in [-0.15, -0.1) is 0 Å². The molecule has 0 bridgehead atoms. The van der Waals surface area contributed by atoms with Gasteiger partial charge in [-0.3, -0.25) is 19.4 Å². The van der Waals surface area contributed by atoms with Crippen molar-refractivity contribution in [3.63, 3.8) is 0 Å². The maximum Gasteiger partial charge on any atom is 0.332 e. The van der Waals surface area contributed by atoms with E-state index in [0.717, 1.165) is 15.5 Å². The minimum atomic E-state index is -1.74. The van der Waals surface area contributed by atoms with Gasteiger partial charge in [-0.05, 0) is 43.8 Å². The van der Waals surface area contributed by atoms with Crippen molar-refractivity contribution >= 4 is 26.2 Å². The molecule has 0 aromatic heterocycles. The fourth-order valence-electron chi connectivity index (χ4n) is 2.98. The van der Waals surface area contributed by atoms with Gasteiger partial charge in [0.05, 0.1) is 0 Å². The van der Waals surface area contributed by atoms with Crippen LogP contribution in [0.4, 0.5) is 4.79 Å². The van der Waals surface area contributed by atoms with Crippen LogP contribution in [0.1, 0.15) is 18.9 Å². The van der Waals surface area contributed by atoms with Gasteiger partial charge in [0.2, 0.25) is 8.32 Å². The van der Waals surface area contributed by atoms with Gasteiger partial charge in [0.25, 0.3) is 11.8 Å². The molecule has 4 amide bonds. The first-order valence-electron chi connectivity index (χ1n) is 7.94. The number of urea groups is 1. The largest absolute Gasteiger partial charge is 0.544 e. The first-order chi connectivity index (χ1) is 11.0. The molecule has 0 spiro atoms. The summed E-state index contributed by atoms with van der Waals surface area (Å²) in [5.74, 6) is -0.258. The highest BCUT2D eigenvalue weighted by Gasteiger charge is 2.55. The lowest BCUT2D eigenvalue weighted by atomic mass is 9.74. The van der Waals surface area contributed by atoms with Crippen LogP contribution in [0.25, 0.3) is 0 Å². The van der Waals surface area contributed by atoms with E-state index in [-0.39, 0.29) is 6.42 Å². The number of imide groups is 2. The van der Waals surface area contributed by atoms with Crippen molar-refractivity contribution in [2.75, 3.05) is 14.1 Å². The van der Waals surface area contributed by atoms with Crippen molar-refractivity contribution in [3.8, 4) is 5.75 Å². The molecule has 0 radical (unpaired) electrons. The van der Waals surface area contributed by atoms with Crippen LogP contribution in [0.2, 0.25) is 19.6 Å². The van der Waals surface area contributed by atoms with Crippen molar-refractivity contribution in [1.29, 1.82) is 0 Å². The van der Waals surface area contributed by atoms with Crippen LogP contribution < -0.4 is 4.43 Å². The third-order valence-electron chi connectivity index (χ3n) is 4.21. The van der Waals surface area contributed by atoms with E-state index >= 15 is 0 Å². The Bertz CT molecular complexity index is 655. The second-order valence-corrected chi connectivity index (χ2v) is 11.4. The van der Waals surface area contributed by atoms with Gasteiger partial charge >= 0.3 is 6.03 Å². The molecule has 24 heavy (non-hydrogen) atoms. The summed E-state index contributed by atoms with van der Waals surface area (Å²) in [6.07, 6.45) is 0.279. The lowest BCUT2D eigenvalue weighted by Crippen LogP contribution is -2.64. The Morgan fingerprint density at radius 2 is 1.42 bits per heavy atom. The Hall–Kier alpha value is -2.15. The summed E-state index contributed by atoms with van der Waals surface area (Å²) in [5, 5.41) is 0. The van der Waals surface area contributed by atoms with Crippen molar-refractivity contribution in [1.82, 2.24) is 9.80 Å². The molecule has 1 heterocycles. The highest BCUT2D eigenvalue weighted by atomic mass is 28.4. The standard InChI is InChI=1S/C17H24N2O4Si/c1-7-17(14(20)18(2)16(22)19(3)15(17)21)12-8-10-13(11-9-12)23-24(4,5)6/h8-11H,7H2,1-6H3. The van der Waals surface area contributed by atoms with E-state index in [4.69, 9.17) is 4.43 Å². The SMILES string of the molecule is CCC1(c2ccc(O[Si](C)(C)C)cc2)C(=O)N(C)C(=O)N(C)C1=O. The summed E-state index contributed by atoms with van der Waals surface area (Å²) in [6.45, 7) is 8.02. The van der Waals surface area contributed by atoms with E-state index in [1.165, 1.54) is 14.1 Å². The van der Waals surface area contributed by atoms with E-state index in [2.05, 4.69) is 19.6 Å². The zero-order valence-electron chi connectivity index (χ0n) is 15.0. The van der Waals surface area contributed by atoms with Crippen molar-refractivity contribution in [2.24, 2.45) is 0 Å². The molecule has 7 heteroatoms. The van der Waals surface area contributed by atoms with E-state index in [9.17, 15) is 14.4 Å². The summed E-state index contributed by atoms with van der Waals surface area (Å²) in [7, 11) is 1.07. The number of likely N-dealkylation sites (N-methyl/N-ethyl adjacent to an activating group) is 2. The molecule has 130 valence electrons. The molecular formula is C17H24N2O4Si. The molecule has 1 aromatic rings. The van der Waals surface area contributed by atoms with E-state index < -0.39 is 31.6 Å². The number of barbiturate groups is 1. The molecule has 0 saturated carbocycles. The second kappa shape index (κ2) is 6.05. The smallest absolute Gasteiger partial charge is 0.332 e. The molecule has 0 unspecified atom stereocenters. The van der Waals surface area contributed by atoms with Crippen LogP contribution in [-0.2, 0) is 15.0 Å². The summed E-state index contributed by atoms with van der Waals surface area (Å²) in [6, 6.07) is 6.44. The molecule has 2 rings (SSSR count). The van der Waals surface area contributed by atoms with E-state index in [0.29, 0.717) is 5.56 Å². The summed E-state index contributed by atoms with van der Waals surface area (Å²) < 4.78 is 5.92. The van der Waals surface area contributed by atoms with Crippen LogP contribution in [0, 0.1) is 0 Å². The Morgan fingerprint density at radius 1 is 0.958 bits per heavy atom. The average Bonchev–Trinajstić information content (AvgIpc) is 2.52. The van der Waals surface area contributed by atoms with Crippen LogP contribution >= 0.6 is 0 Å². The quantitative estimate of drug-likeness (QED) is 0.620. The van der Waals surface area contributed by atoms with Crippen LogP contribution in [0.5, 0.6) is 5.75 Å². The fraction of sp³-hybridized carbons (Fsp3) is 0.471. The van der Waals surface area contributed by atoms with E-state index in [1.54, 1.807) is 31.2 Å². The number of carbonyl (C=O) groups is 3. The number of hydrogen-bond donors (Lipinski definition) is 0. The van der Waals surface area contributed by atoms with Crippen molar-refractivity contribution in [2.45, 2.75) is 38.4 Å². The molecule has 1 aromatic carbocycles. The topological polar surface area (TPSA) is 66.9 Å². The summed E-state index contributed by atoms with van der Waals surface area (Å²) >= 11 is 0. The first-order valence-corrected chi connectivity index (χ1v) is 11.3. The number of carbonyl (C=O) groups excluding carboxylic acids is 3. The van der Waals surface area contributed by atoms with Gasteiger partial charge in [0, 0.05) is 14.1 Å². The minimum Gasteiger partial charge on any atom is -0.544 e. The average molecular weight is 348 g/mol. The third kappa shape index (κ3) is 2.84. The number of rotatable bonds is 4. The lowest BCUT2D eigenvalue weighted by molar-refractivity contribution is -0.150. The molecule has 1 aliphatic rings. The zero-order valence-corrected chi connectivity index (χ0v) is 16.0. The number of amides is 4. The van der Waals surface area contributed by atoms with Gasteiger partial charge < -0.3 is 4.43 Å². The molecule has 1 saturated heterocycles. The van der Waals surface area contributed by atoms with Gasteiger partial charge in [-0.1, -0.05) is 19.1 Å². The highest BCUT2D eigenvalue weighted by molar-refractivity contribution is 6.70. The second-order valence-electron chi connectivity index (χ2n) is 7.01. The Morgan fingerprint density at radius 3 is 1.79 bits per heavy atom. The van der Waals surface area contributed by atoms with Gasteiger partial charge in [0.15, 0.2) is 5.41 Å².